The second kappa shape index (κ2) is 6.47. The largest absolute Gasteiger partial charge is 0.354 e. The number of thiophene rings is 1. The first-order chi connectivity index (χ1) is 9.81. The van der Waals surface area contributed by atoms with Crippen molar-refractivity contribution in [2.75, 3.05) is 13.1 Å². The molecule has 20 heavy (non-hydrogen) atoms. The number of carbonyl (C=O) groups is 1. The van der Waals surface area contributed by atoms with E-state index in [4.69, 9.17) is 0 Å². The van der Waals surface area contributed by atoms with Crippen molar-refractivity contribution in [1.82, 2.24) is 15.6 Å². The minimum absolute atomic E-state index is 0.0572. The van der Waals surface area contributed by atoms with E-state index in [0.29, 0.717) is 12.5 Å². The van der Waals surface area contributed by atoms with Crippen LogP contribution in [0.3, 0.4) is 0 Å². The SMILES string of the molecule is O=C(Cc1csc(-c2cccs2)n1)NCC1CCCN1. The van der Waals surface area contributed by atoms with E-state index in [-0.39, 0.29) is 5.91 Å². The average molecular weight is 307 g/mol. The van der Waals surface area contributed by atoms with Crippen LogP contribution in [0.25, 0.3) is 9.88 Å². The Morgan fingerprint density at radius 2 is 2.45 bits per heavy atom. The van der Waals surface area contributed by atoms with Crippen LogP contribution in [0.15, 0.2) is 22.9 Å². The van der Waals surface area contributed by atoms with Crippen LogP contribution in [0.4, 0.5) is 0 Å². The summed E-state index contributed by atoms with van der Waals surface area (Å²) < 4.78 is 0. The van der Waals surface area contributed by atoms with E-state index < -0.39 is 0 Å². The quantitative estimate of drug-likeness (QED) is 0.891. The number of nitrogens with one attached hydrogen (secondary N) is 2. The molecule has 1 aliphatic rings. The summed E-state index contributed by atoms with van der Waals surface area (Å²) in [5, 5.41) is 11.4. The maximum absolute atomic E-state index is 11.9. The van der Waals surface area contributed by atoms with Gasteiger partial charge < -0.3 is 10.6 Å². The third-order valence-electron chi connectivity index (χ3n) is 3.33. The van der Waals surface area contributed by atoms with Crippen LogP contribution in [-0.2, 0) is 11.2 Å². The van der Waals surface area contributed by atoms with Crippen molar-refractivity contribution in [3.05, 3.63) is 28.6 Å². The Kier molecular flexibility index (Phi) is 4.44. The maximum Gasteiger partial charge on any atom is 0.226 e. The molecule has 0 spiro atoms. The molecule has 0 aromatic carbocycles. The lowest BCUT2D eigenvalue weighted by atomic mass is 10.2. The van der Waals surface area contributed by atoms with Crippen LogP contribution in [-0.4, -0.2) is 30.0 Å². The Hall–Kier alpha value is -1.24. The van der Waals surface area contributed by atoms with Gasteiger partial charge in [0.25, 0.3) is 0 Å². The first-order valence-corrected chi connectivity index (χ1v) is 8.55. The van der Waals surface area contributed by atoms with Gasteiger partial charge in [-0.05, 0) is 30.8 Å². The zero-order chi connectivity index (χ0) is 13.8. The lowest BCUT2D eigenvalue weighted by molar-refractivity contribution is -0.120. The highest BCUT2D eigenvalue weighted by molar-refractivity contribution is 7.20. The standard InChI is InChI=1S/C14H17N3OS2/c18-13(16-8-10-3-1-5-15-10)7-11-9-20-14(17-11)12-4-2-6-19-12/h2,4,6,9-10,15H,1,3,5,7-8H2,(H,16,18). The summed E-state index contributed by atoms with van der Waals surface area (Å²) in [6.45, 7) is 1.79. The van der Waals surface area contributed by atoms with Crippen LogP contribution in [0, 0.1) is 0 Å². The van der Waals surface area contributed by atoms with Gasteiger partial charge in [-0.1, -0.05) is 6.07 Å². The molecule has 1 aliphatic heterocycles. The molecule has 1 atom stereocenters. The molecule has 4 nitrogen and oxygen atoms in total. The van der Waals surface area contributed by atoms with E-state index in [1.54, 1.807) is 22.7 Å². The highest BCUT2D eigenvalue weighted by Gasteiger charge is 2.15. The van der Waals surface area contributed by atoms with Gasteiger partial charge in [0.1, 0.15) is 5.01 Å². The predicted octanol–water partition coefficient (Wildman–Crippen LogP) is 2.28. The van der Waals surface area contributed by atoms with Crippen LogP contribution in [0.1, 0.15) is 18.5 Å². The number of thiazole rings is 1. The lowest BCUT2D eigenvalue weighted by Gasteiger charge is -2.10. The van der Waals surface area contributed by atoms with Crippen molar-refractivity contribution in [1.29, 1.82) is 0 Å². The summed E-state index contributed by atoms with van der Waals surface area (Å²) in [4.78, 5) is 17.6. The Bertz CT molecular complexity index is 559. The van der Waals surface area contributed by atoms with E-state index in [9.17, 15) is 4.79 Å². The monoisotopic (exact) mass is 307 g/mol. The summed E-state index contributed by atoms with van der Waals surface area (Å²) >= 11 is 3.27. The molecule has 2 N–H and O–H groups in total. The number of rotatable bonds is 5. The summed E-state index contributed by atoms with van der Waals surface area (Å²) in [5.74, 6) is 0.0572. The molecular weight excluding hydrogens is 290 g/mol. The second-order valence-corrected chi connectivity index (χ2v) is 6.70. The smallest absolute Gasteiger partial charge is 0.226 e. The van der Waals surface area contributed by atoms with Crippen LogP contribution < -0.4 is 10.6 Å². The highest BCUT2D eigenvalue weighted by atomic mass is 32.1. The molecule has 0 aliphatic carbocycles. The molecule has 0 bridgehead atoms. The molecule has 3 rings (SSSR count). The van der Waals surface area contributed by atoms with Crippen molar-refractivity contribution in [3.8, 4) is 9.88 Å². The molecule has 0 saturated carbocycles. The van der Waals surface area contributed by atoms with Crippen molar-refractivity contribution >= 4 is 28.6 Å². The molecular formula is C14H17N3OS2. The van der Waals surface area contributed by atoms with E-state index in [1.807, 2.05) is 16.8 Å². The molecule has 2 aromatic rings. The summed E-state index contributed by atoms with van der Waals surface area (Å²) in [5.41, 5.74) is 0.857. The van der Waals surface area contributed by atoms with E-state index in [1.165, 1.54) is 6.42 Å². The van der Waals surface area contributed by atoms with Gasteiger partial charge in [-0.25, -0.2) is 4.98 Å². The number of amides is 1. The minimum Gasteiger partial charge on any atom is -0.354 e. The first kappa shape index (κ1) is 13.7. The lowest BCUT2D eigenvalue weighted by Crippen LogP contribution is -2.37. The zero-order valence-corrected chi connectivity index (χ0v) is 12.7. The van der Waals surface area contributed by atoms with E-state index in [2.05, 4.69) is 21.7 Å². The van der Waals surface area contributed by atoms with Crippen molar-refractivity contribution in [3.63, 3.8) is 0 Å². The second-order valence-electron chi connectivity index (χ2n) is 4.90. The molecule has 0 radical (unpaired) electrons. The van der Waals surface area contributed by atoms with Crippen molar-refractivity contribution in [2.24, 2.45) is 0 Å². The minimum atomic E-state index is 0.0572. The Morgan fingerprint density at radius 1 is 1.50 bits per heavy atom. The van der Waals surface area contributed by atoms with Gasteiger partial charge in [0.2, 0.25) is 5.91 Å². The van der Waals surface area contributed by atoms with Crippen molar-refractivity contribution < 1.29 is 4.79 Å². The molecule has 6 heteroatoms. The average Bonchev–Trinajstić information content (AvgIpc) is 3.18. The third kappa shape index (κ3) is 3.45. The number of nitrogens with zero attached hydrogens (tertiary/aromatic N) is 1. The van der Waals surface area contributed by atoms with Gasteiger partial charge in [0.05, 0.1) is 17.0 Å². The number of aromatic nitrogens is 1. The van der Waals surface area contributed by atoms with Gasteiger partial charge >= 0.3 is 0 Å². The molecule has 3 heterocycles. The van der Waals surface area contributed by atoms with Crippen LogP contribution >= 0.6 is 22.7 Å². The van der Waals surface area contributed by atoms with Gasteiger partial charge in [-0.15, -0.1) is 22.7 Å². The third-order valence-corrected chi connectivity index (χ3v) is 5.26. The Morgan fingerprint density at radius 3 is 3.20 bits per heavy atom. The van der Waals surface area contributed by atoms with Gasteiger partial charge in [-0.3, -0.25) is 4.79 Å². The number of carbonyl (C=O) groups excluding carboxylic acids is 1. The molecule has 106 valence electrons. The summed E-state index contributed by atoms with van der Waals surface area (Å²) in [6, 6.07) is 4.51. The zero-order valence-electron chi connectivity index (χ0n) is 11.1. The number of hydrogen-bond donors (Lipinski definition) is 2. The Labute approximate surface area is 126 Å². The number of hydrogen-bond acceptors (Lipinski definition) is 5. The van der Waals surface area contributed by atoms with Crippen LogP contribution in [0.5, 0.6) is 0 Å². The first-order valence-electron chi connectivity index (χ1n) is 6.79. The van der Waals surface area contributed by atoms with Crippen molar-refractivity contribution in [2.45, 2.75) is 25.3 Å². The van der Waals surface area contributed by atoms with E-state index >= 15 is 0 Å². The molecule has 1 saturated heterocycles. The fourth-order valence-corrected chi connectivity index (χ4v) is 3.93. The van der Waals surface area contributed by atoms with Gasteiger partial charge in [0.15, 0.2) is 0 Å². The molecule has 1 fully saturated rings. The normalized spacial score (nSPS) is 18.3. The fourth-order valence-electron chi connectivity index (χ4n) is 2.30. The maximum atomic E-state index is 11.9. The fraction of sp³-hybridized carbons (Fsp3) is 0.429. The topological polar surface area (TPSA) is 54.0 Å². The molecule has 1 unspecified atom stereocenters. The van der Waals surface area contributed by atoms with Crippen LogP contribution in [0.2, 0.25) is 0 Å². The molecule has 2 aromatic heterocycles. The predicted molar refractivity (Wildman–Crippen MR) is 83.2 cm³/mol. The summed E-state index contributed by atoms with van der Waals surface area (Å²) in [7, 11) is 0. The van der Waals surface area contributed by atoms with Gasteiger partial charge in [-0.2, -0.15) is 0 Å². The Balaban J connectivity index is 1.51. The summed E-state index contributed by atoms with van der Waals surface area (Å²) in [6.07, 6.45) is 2.73. The van der Waals surface area contributed by atoms with E-state index in [0.717, 1.165) is 35.1 Å². The van der Waals surface area contributed by atoms with Gasteiger partial charge in [0, 0.05) is 18.0 Å². The molecule has 1 amide bonds. The highest BCUT2D eigenvalue weighted by Crippen LogP contribution is 2.27.